The Morgan fingerprint density at radius 1 is 1.26 bits per heavy atom. The Labute approximate surface area is 125 Å². The van der Waals surface area contributed by atoms with Crippen molar-refractivity contribution < 1.29 is 0 Å². The summed E-state index contributed by atoms with van der Waals surface area (Å²) in [5, 5.41) is 0.470. The molecule has 0 radical (unpaired) electrons. The van der Waals surface area contributed by atoms with Gasteiger partial charge in [-0.05, 0) is 24.2 Å². The zero-order chi connectivity index (χ0) is 14.0. The molecule has 0 amide bonds. The third-order valence-electron chi connectivity index (χ3n) is 4.02. The van der Waals surface area contributed by atoms with Crippen LogP contribution in [0.4, 0.5) is 5.82 Å². The molecule has 1 fully saturated rings. The van der Waals surface area contributed by atoms with Gasteiger partial charge in [-0.25, -0.2) is 9.97 Å². The molecule has 5 heteroatoms. The van der Waals surface area contributed by atoms with Crippen LogP contribution in [0.1, 0.15) is 39.2 Å². The van der Waals surface area contributed by atoms with Gasteiger partial charge in [0.1, 0.15) is 17.3 Å². The van der Waals surface area contributed by atoms with Gasteiger partial charge in [-0.15, -0.1) is 11.6 Å². The fraction of sp³-hybridized carbons (Fsp3) is 0.714. The first-order valence-corrected chi connectivity index (χ1v) is 7.65. The van der Waals surface area contributed by atoms with E-state index >= 15 is 0 Å². The summed E-state index contributed by atoms with van der Waals surface area (Å²) < 4.78 is 0. The van der Waals surface area contributed by atoms with Gasteiger partial charge in [0.05, 0.1) is 5.88 Å². The van der Waals surface area contributed by atoms with Crippen LogP contribution in [-0.4, -0.2) is 23.1 Å². The molecule has 0 bridgehead atoms. The number of piperidine rings is 1. The zero-order valence-electron chi connectivity index (χ0n) is 11.8. The van der Waals surface area contributed by atoms with E-state index in [0.717, 1.165) is 30.4 Å². The average Bonchev–Trinajstić information content (AvgIpc) is 2.37. The second kappa shape index (κ2) is 5.84. The molecule has 1 aromatic heterocycles. The highest BCUT2D eigenvalue weighted by Crippen LogP contribution is 2.36. The van der Waals surface area contributed by atoms with E-state index in [1.807, 2.05) is 0 Å². The van der Waals surface area contributed by atoms with Gasteiger partial charge in [-0.3, -0.25) is 0 Å². The molecule has 0 spiro atoms. The van der Waals surface area contributed by atoms with E-state index < -0.39 is 0 Å². The van der Waals surface area contributed by atoms with Crippen LogP contribution in [0.2, 0.25) is 5.15 Å². The smallest absolute Gasteiger partial charge is 0.138 e. The molecule has 1 aromatic rings. The molecule has 2 rings (SSSR count). The number of nitrogens with zero attached hydrogens (tertiary/aromatic N) is 3. The van der Waals surface area contributed by atoms with Crippen molar-refractivity contribution in [3.8, 4) is 0 Å². The van der Waals surface area contributed by atoms with Gasteiger partial charge in [0.2, 0.25) is 0 Å². The third-order valence-corrected chi connectivity index (χ3v) is 4.62. The van der Waals surface area contributed by atoms with Crippen LogP contribution in [0.25, 0.3) is 0 Å². The third kappa shape index (κ3) is 3.32. The number of hydrogen-bond acceptors (Lipinski definition) is 3. The normalized spacial score (nSPS) is 17.8. The van der Waals surface area contributed by atoms with E-state index in [1.165, 1.54) is 19.2 Å². The lowest BCUT2D eigenvalue weighted by Gasteiger charge is -2.39. The summed E-state index contributed by atoms with van der Waals surface area (Å²) in [4.78, 5) is 10.7. The van der Waals surface area contributed by atoms with Gasteiger partial charge in [-0.2, -0.15) is 0 Å². The van der Waals surface area contributed by atoms with Crippen LogP contribution in [0.15, 0.2) is 6.33 Å². The second-order valence-electron chi connectivity index (χ2n) is 6.23. The first kappa shape index (κ1) is 14.9. The van der Waals surface area contributed by atoms with Crippen molar-refractivity contribution in [3.63, 3.8) is 0 Å². The molecule has 0 aromatic carbocycles. The number of anilines is 1. The van der Waals surface area contributed by atoms with Crippen molar-refractivity contribution in [2.75, 3.05) is 18.0 Å². The number of alkyl halides is 1. The fourth-order valence-electron chi connectivity index (χ4n) is 2.73. The molecule has 19 heavy (non-hydrogen) atoms. The number of aromatic nitrogens is 2. The summed E-state index contributed by atoms with van der Waals surface area (Å²) in [5.41, 5.74) is 1.23. The van der Waals surface area contributed by atoms with Gasteiger partial charge >= 0.3 is 0 Å². The van der Waals surface area contributed by atoms with E-state index in [2.05, 4.69) is 35.6 Å². The largest absolute Gasteiger partial charge is 0.356 e. The molecule has 2 heterocycles. The van der Waals surface area contributed by atoms with Crippen molar-refractivity contribution in [1.29, 1.82) is 0 Å². The lowest BCUT2D eigenvalue weighted by molar-refractivity contribution is 0.198. The van der Waals surface area contributed by atoms with Crippen LogP contribution in [0, 0.1) is 11.3 Å². The molecule has 106 valence electrons. The van der Waals surface area contributed by atoms with E-state index in [0.29, 0.717) is 16.4 Å². The quantitative estimate of drug-likeness (QED) is 0.607. The van der Waals surface area contributed by atoms with Gasteiger partial charge in [0.15, 0.2) is 0 Å². The van der Waals surface area contributed by atoms with Gasteiger partial charge in [0, 0.05) is 18.7 Å². The average molecular weight is 302 g/mol. The highest BCUT2D eigenvalue weighted by atomic mass is 35.5. The predicted molar refractivity (Wildman–Crippen MR) is 81.0 cm³/mol. The first-order valence-electron chi connectivity index (χ1n) is 6.73. The topological polar surface area (TPSA) is 29.0 Å². The van der Waals surface area contributed by atoms with Crippen molar-refractivity contribution in [2.45, 2.75) is 39.5 Å². The van der Waals surface area contributed by atoms with E-state index in [1.54, 1.807) is 0 Å². The summed E-state index contributed by atoms with van der Waals surface area (Å²) in [7, 11) is 0. The summed E-state index contributed by atoms with van der Waals surface area (Å²) in [6, 6.07) is 0. The molecule has 0 atom stereocenters. The molecule has 3 nitrogen and oxygen atoms in total. The summed E-state index contributed by atoms with van der Waals surface area (Å²) in [5.74, 6) is 2.02. The molecule has 1 aliphatic rings. The van der Waals surface area contributed by atoms with Crippen molar-refractivity contribution in [1.82, 2.24) is 9.97 Å². The van der Waals surface area contributed by atoms with Crippen LogP contribution in [0.5, 0.6) is 0 Å². The summed E-state index contributed by atoms with van der Waals surface area (Å²) in [6.45, 7) is 8.98. The van der Waals surface area contributed by atoms with Crippen LogP contribution >= 0.6 is 23.2 Å². The molecular weight excluding hydrogens is 281 g/mol. The number of rotatable bonds is 2. The maximum atomic E-state index is 6.09. The number of halogens is 2. The minimum absolute atomic E-state index is 0.355. The maximum absolute atomic E-state index is 6.09. The Bertz CT molecular complexity index is 435. The standard InChI is InChI=1S/C14H21Cl2N3/c1-14(2,3)10-4-6-19(7-5-10)13-11(8-15)12(16)17-9-18-13/h9-10H,4-8H2,1-3H3. The van der Waals surface area contributed by atoms with E-state index in [-0.39, 0.29) is 0 Å². The Balaban J connectivity index is 2.12. The maximum Gasteiger partial charge on any atom is 0.138 e. The predicted octanol–water partition coefficient (Wildman–Crippen LogP) is 4.13. The monoisotopic (exact) mass is 301 g/mol. The highest BCUT2D eigenvalue weighted by Gasteiger charge is 2.30. The van der Waals surface area contributed by atoms with Gasteiger partial charge in [-0.1, -0.05) is 32.4 Å². The van der Waals surface area contributed by atoms with Crippen LogP contribution in [0.3, 0.4) is 0 Å². The Kier molecular flexibility index (Phi) is 4.57. The van der Waals surface area contributed by atoms with Crippen molar-refractivity contribution >= 4 is 29.0 Å². The lowest BCUT2D eigenvalue weighted by atomic mass is 9.75. The Morgan fingerprint density at radius 3 is 2.42 bits per heavy atom. The van der Waals surface area contributed by atoms with E-state index in [4.69, 9.17) is 23.2 Å². The lowest BCUT2D eigenvalue weighted by Crippen LogP contribution is -2.38. The zero-order valence-corrected chi connectivity index (χ0v) is 13.3. The van der Waals surface area contributed by atoms with Gasteiger partial charge in [0.25, 0.3) is 0 Å². The van der Waals surface area contributed by atoms with Crippen LogP contribution < -0.4 is 4.90 Å². The second-order valence-corrected chi connectivity index (χ2v) is 6.85. The minimum Gasteiger partial charge on any atom is -0.356 e. The van der Waals surface area contributed by atoms with Gasteiger partial charge < -0.3 is 4.90 Å². The molecule has 1 aliphatic heterocycles. The highest BCUT2D eigenvalue weighted by molar-refractivity contribution is 6.31. The molecular formula is C14H21Cl2N3. The number of hydrogen-bond donors (Lipinski definition) is 0. The van der Waals surface area contributed by atoms with Crippen LogP contribution in [-0.2, 0) is 5.88 Å². The summed E-state index contributed by atoms with van der Waals surface area (Å²) >= 11 is 12.1. The fourth-order valence-corrected chi connectivity index (χ4v) is 3.24. The SMILES string of the molecule is CC(C)(C)C1CCN(c2ncnc(Cl)c2CCl)CC1. The van der Waals surface area contributed by atoms with Crippen molar-refractivity contribution in [3.05, 3.63) is 17.0 Å². The minimum atomic E-state index is 0.355. The molecule has 1 saturated heterocycles. The molecule has 0 N–H and O–H groups in total. The van der Waals surface area contributed by atoms with E-state index in [9.17, 15) is 0 Å². The Morgan fingerprint density at radius 2 is 1.89 bits per heavy atom. The Hall–Kier alpha value is -0.540. The molecule has 0 unspecified atom stereocenters. The first-order chi connectivity index (χ1) is 8.93. The molecule has 0 saturated carbocycles. The summed E-state index contributed by atoms with van der Waals surface area (Å²) in [6.07, 6.45) is 3.89. The molecule has 0 aliphatic carbocycles. The van der Waals surface area contributed by atoms with Crippen molar-refractivity contribution in [2.24, 2.45) is 11.3 Å².